The molecular weight excluding hydrogens is 426 g/mol. The lowest BCUT2D eigenvalue weighted by Gasteiger charge is -2.26. The van der Waals surface area contributed by atoms with Crippen molar-refractivity contribution >= 4 is 11.8 Å². The van der Waals surface area contributed by atoms with Gasteiger partial charge in [-0.1, -0.05) is 31.9 Å². The number of carbonyl (C=O) groups is 2. The van der Waals surface area contributed by atoms with Crippen molar-refractivity contribution in [2.45, 2.75) is 52.1 Å². The third-order valence-corrected chi connectivity index (χ3v) is 6.86. The van der Waals surface area contributed by atoms with Crippen molar-refractivity contribution in [2.75, 3.05) is 39.8 Å². The van der Waals surface area contributed by atoms with E-state index in [9.17, 15) is 9.59 Å². The van der Waals surface area contributed by atoms with Crippen LogP contribution < -0.4 is 4.74 Å². The molecule has 0 unspecified atom stereocenters. The Morgan fingerprint density at radius 3 is 2.53 bits per heavy atom. The Bertz CT molecular complexity index is 1000. The standard InChI is InChI=1S/C28H37N3O3/c1-3-4-13-29(2)27(32)22-9-8-10-23(18-22)28(33)31-20-24-11-12-26(19-25(24)21-31)34-17-16-30-14-6-5-7-15-30/h8-12,18-19H,3-7,13-17,20-21H2,1-2H3. The summed E-state index contributed by atoms with van der Waals surface area (Å²) in [6.07, 6.45) is 5.92. The molecule has 6 heteroatoms. The minimum Gasteiger partial charge on any atom is -0.492 e. The quantitative estimate of drug-likeness (QED) is 0.546. The molecule has 2 aromatic carbocycles. The number of fused-ring (bicyclic) bond motifs is 1. The number of piperidine rings is 1. The average Bonchev–Trinajstić information content (AvgIpc) is 3.30. The highest BCUT2D eigenvalue weighted by Gasteiger charge is 2.25. The molecule has 0 bridgehead atoms. The van der Waals surface area contributed by atoms with Crippen LogP contribution in [-0.2, 0) is 13.1 Å². The zero-order chi connectivity index (χ0) is 23.9. The number of ether oxygens (including phenoxy) is 1. The lowest BCUT2D eigenvalue weighted by molar-refractivity contribution is 0.0751. The number of carbonyl (C=O) groups excluding carboxylic acids is 2. The van der Waals surface area contributed by atoms with E-state index in [4.69, 9.17) is 4.74 Å². The molecule has 0 aromatic heterocycles. The van der Waals surface area contributed by atoms with Gasteiger partial charge in [-0.3, -0.25) is 14.5 Å². The number of nitrogens with zero attached hydrogens (tertiary/aromatic N) is 3. The maximum atomic E-state index is 13.2. The van der Waals surface area contributed by atoms with Gasteiger partial charge in [0.1, 0.15) is 12.4 Å². The smallest absolute Gasteiger partial charge is 0.254 e. The van der Waals surface area contributed by atoms with Gasteiger partial charge in [0.05, 0.1) is 0 Å². The maximum absolute atomic E-state index is 13.2. The molecule has 2 aliphatic rings. The van der Waals surface area contributed by atoms with Gasteiger partial charge in [-0.25, -0.2) is 0 Å². The van der Waals surface area contributed by atoms with E-state index in [2.05, 4.69) is 24.0 Å². The van der Waals surface area contributed by atoms with Crippen LogP contribution in [0.25, 0.3) is 0 Å². The van der Waals surface area contributed by atoms with E-state index in [1.54, 1.807) is 29.2 Å². The summed E-state index contributed by atoms with van der Waals surface area (Å²) in [5.41, 5.74) is 3.41. The fourth-order valence-corrected chi connectivity index (χ4v) is 4.76. The number of rotatable bonds is 9. The fraction of sp³-hybridized carbons (Fsp3) is 0.500. The highest BCUT2D eigenvalue weighted by molar-refractivity contribution is 5.99. The molecule has 2 aliphatic heterocycles. The van der Waals surface area contributed by atoms with E-state index < -0.39 is 0 Å². The Kier molecular flexibility index (Phi) is 8.22. The van der Waals surface area contributed by atoms with Gasteiger partial charge < -0.3 is 14.5 Å². The van der Waals surface area contributed by atoms with E-state index in [1.165, 1.54) is 32.4 Å². The highest BCUT2D eigenvalue weighted by Crippen LogP contribution is 2.28. The first-order chi connectivity index (χ1) is 16.5. The summed E-state index contributed by atoms with van der Waals surface area (Å²) >= 11 is 0. The van der Waals surface area contributed by atoms with Crippen molar-refractivity contribution < 1.29 is 14.3 Å². The first-order valence-corrected chi connectivity index (χ1v) is 12.7. The van der Waals surface area contributed by atoms with Gasteiger partial charge in [0.15, 0.2) is 0 Å². The number of hydrogen-bond acceptors (Lipinski definition) is 4. The van der Waals surface area contributed by atoms with E-state index in [0.29, 0.717) is 30.8 Å². The van der Waals surface area contributed by atoms with Crippen LogP contribution in [0.2, 0.25) is 0 Å². The van der Waals surface area contributed by atoms with Gasteiger partial charge in [-0.2, -0.15) is 0 Å². The number of hydrogen-bond donors (Lipinski definition) is 0. The first kappa shape index (κ1) is 24.3. The number of benzene rings is 2. The average molecular weight is 464 g/mol. The molecule has 0 atom stereocenters. The van der Waals surface area contributed by atoms with Gasteiger partial charge in [0.25, 0.3) is 11.8 Å². The Morgan fingerprint density at radius 1 is 0.971 bits per heavy atom. The summed E-state index contributed by atoms with van der Waals surface area (Å²) < 4.78 is 6.02. The summed E-state index contributed by atoms with van der Waals surface area (Å²) in [6, 6.07) is 13.3. The van der Waals surface area contributed by atoms with Crippen LogP contribution in [0.1, 0.15) is 70.9 Å². The molecular formula is C28H37N3O3. The molecule has 1 fully saturated rings. The van der Waals surface area contributed by atoms with Crippen LogP contribution in [-0.4, -0.2) is 66.3 Å². The molecule has 34 heavy (non-hydrogen) atoms. The minimum absolute atomic E-state index is 0.0425. The van der Waals surface area contributed by atoms with Crippen LogP contribution in [0.4, 0.5) is 0 Å². The van der Waals surface area contributed by atoms with Crippen molar-refractivity contribution in [3.63, 3.8) is 0 Å². The number of amides is 2. The predicted molar refractivity (Wildman–Crippen MR) is 134 cm³/mol. The summed E-state index contributed by atoms with van der Waals surface area (Å²) in [6.45, 7) is 7.97. The van der Waals surface area contributed by atoms with E-state index in [1.807, 2.05) is 18.0 Å². The molecule has 2 aromatic rings. The van der Waals surface area contributed by atoms with Crippen LogP contribution in [0.5, 0.6) is 5.75 Å². The second kappa shape index (κ2) is 11.5. The van der Waals surface area contributed by atoms with Crippen LogP contribution in [0.3, 0.4) is 0 Å². The number of unbranched alkanes of at least 4 members (excludes halogenated alkanes) is 1. The second-order valence-electron chi connectivity index (χ2n) is 9.50. The zero-order valence-electron chi connectivity index (χ0n) is 20.6. The van der Waals surface area contributed by atoms with E-state index in [-0.39, 0.29) is 11.8 Å². The molecule has 0 aliphatic carbocycles. The summed E-state index contributed by atoms with van der Waals surface area (Å²) in [5, 5.41) is 0. The molecule has 6 nitrogen and oxygen atoms in total. The predicted octanol–water partition coefficient (Wildman–Crippen LogP) is 4.58. The second-order valence-corrected chi connectivity index (χ2v) is 9.50. The molecule has 2 amide bonds. The van der Waals surface area contributed by atoms with E-state index >= 15 is 0 Å². The molecule has 4 rings (SSSR count). The van der Waals surface area contributed by atoms with Crippen molar-refractivity contribution in [3.8, 4) is 5.75 Å². The Morgan fingerprint density at radius 2 is 1.74 bits per heavy atom. The summed E-state index contributed by atoms with van der Waals surface area (Å²) in [4.78, 5) is 32.0. The molecule has 0 saturated carbocycles. The van der Waals surface area contributed by atoms with Gasteiger partial charge in [0, 0.05) is 44.4 Å². The first-order valence-electron chi connectivity index (χ1n) is 12.7. The van der Waals surface area contributed by atoms with Crippen LogP contribution in [0.15, 0.2) is 42.5 Å². The molecule has 182 valence electrons. The van der Waals surface area contributed by atoms with Gasteiger partial charge >= 0.3 is 0 Å². The summed E-state index contributed by atoms with van der Waals surface area (Å²) in [5.74, 6) is 0.779. The lowest BCUT2D eigenvalue weighted by Crippen LogP contribution is -2.33. The lowest BCUT2D eigenvalue weighted by atomic mass is 10.1. The summed E-state index contributed by atoms with van der Waals surface area (Å²) in [7, 11) is 1.82. The Labute approximate surface area is 203 Å². The normalized spacial score (nSPS) is 15.8. The minimum atomic E-state index is -0.0466. The van der Waals surface area contributed by atoms with Crippen LogP contribution >= 0.6 is 0 Å². The Hall–Kier alpha value is -2.86. The van der Waals surface area contributed by atoms with Crippen molar-refractivity contribution in [1.29, 1.82) is 0 Å². The zero-order valence-corrected chi connectivity index (χ0v) is 20.6. The monoisotopic (exact) mass is 463 g/mol. The topological polar surface area (TPSA) is 53.1 Å². The molecule has 0 radical (unpaired) electrons. The van der Waals surface area contributed by atoms with Crippen molar-refractivity contribution in [1.82, 2.24) is 14.7 Å². The third kappa shape index (κ3) is 5.98. The van der Waals surface area contributed by atoms with Crippen molar-refractivity contribution in [3.05, 3.63) is 64.7 Å². The molecule has 0 N–H and O–H groups in total. The fourth-order valence-electron chi connectivity index (χ4n) is 4.76. The molecule has 2 heterocycles. The van der Waals surface area contributed by atoms with E-state index in [0.717, 1.165) is 42.8 Å². The Balaban J connectivity index is 1.34. The van der Waals surface area contributed by atoms with Gasteiger partial charge in [-0.05, 0) is 73.8 Å². The molecule has 0 spiro atoms. The SMILES string of the molecule is CCCCN(C)C(=O)c1cccc(C(=O)N2Cc3ccc(OCCN4CCCCC4)cc3C2)c1. The van der Waals surface area contributed by atoms with Gasteiger partial charge in [0.2, 0.25) is 0 Å². The largest absolute Gasteiger partial charge is 0.492 e. The third-order valence-electron chi connectivity index (χ3n) is 6.86. The maximum Gasteiger partial charge on any atom is 0.254 e. The van der Waals surface area contributed by atoms with Crippen LogP contribution in [0, 0.1) is 0 Å². The van der Waals surface area contributed by atoms with Crippen molar-refractivity contribution in [2.24, 2.45) is 0 Å². The highest BCUT2D eigenvalue weighted by atomic mass is 16.5. The molecule has 1 saturated heterocycles. The number of likely N-dealkylation sites (tertiary alicyclic amines) is 1. The van der Waals surface area contributed by atoms with Gasteiger partial charge in [-0.15, -0.1) is 0 Å².